The van der Waals surface area contributed by atoms with Crippen molar-refractivity contribution in [1.82, 2.24) is 4.98 Å². The van der Waals surface area contributed by atoms with Crippen molar-refractivity contribution >= 4 is 28.8 Å². The van der Waals surface area contributed by atoms with Gasteiger partial charge in [-0.1, -0.05) is 0 Å². The number of nitriles is 1. The molecule has 0 saturated carbocycles. The molecule has 1 fully saturated rings. The number of hydrogen-bond acceptors (Lipinski definition) is 6. The molecule has 3 aromatic rings. The average Bonchev–Trinajstić information content (AvgIpc) is 3.20. The number of morpholine rings is 1. The van der Waals surface area contributed by atoms with Crippen molar-refractivity contribution in [3.63, 3.8) is 0 Å². The van der Waals surface area contributed by atoms with Crippen LogP contribution in [0.25, 0.3) is 0 Å². The van der Waals surface area contributed by atoms with Gasteiger partial charge >= 0.3 is 0 Å². The molecule has 0 radical (unpaired) electrons. The Balaban J connectivity index is 1.52. The van der Waals surface area contributed by atoms with Gasteiger partial charge in [-0.3, -0.25) is 4.79 Å². The van der Waals surface area contributed by atoms with Crippen molar-refractivity contribution in [1.29, 1.82) is 5.26 Å². The molecule has 0 bridgehead atoms. The van der Waals surface area contributed by atoms with Crippen LogP contribution in [0.2, 0.25) is 0 Å². The lowest BCUT2D eigenvalue weighted by Gasteiger charge is -2.29. The fourth-order valence-electron chi connectivity index (χ4n) is 3.70. The molecule has 10 heteroatoms. The van der Waals surface area contributed by atoms with Crippen molar-refractivity contribution < 1.29 is 18.3 Å². The Morgan fingerprint density at radius 2 is 1.88 bits per heavy atom. The smallest absolute Gasteiger partial charge is 0.267 e. The van der Waals surface area contributed by atoms with Crippen LogP contribution < -0.4 is 21.3 Å². The summed E-state index contributed by atoms with van der Waals surface area (Å²) in [6.45, 7) is 2.73. The fourth-order valence-corrected chi connectivity index (χ4v) is 3.70. The molecule has 0 spiro atoms. The summed E-state index contributed by atoms with van der Waals surface area (Å²) in [5.74, 6) is -1.62. The number of halogens is 2. The van der Waals surface area contributed by atoms with E-state index >= 15 is 0 Å². The highest BCUT2D eigenvalue weighted by Crippen LogP contribution is 2.28. The molecule has 170 valence electrons. The van der Waals surface area contributed by atoms with E-state index in [1.165, 1.54) is 12.1 Å². The second kappa shape index (κ2) is 9.58. The summed E-state index contributed by atoms with van der Waals surface area (Å²) in [5, 5.41) is 15.7. The number of aromatic nitrogens is 1. The van der Waals surface area contributed by atoms with Crippen LogP contribution in [-0.4, -0.2) is 37.2 Å². The summed E-state index contributed by atoms with van der Waals surface area (Å²) in [6.07, 6.45) is 0. The van der Waals surface area contributed by atoms with Gasteiger partial charge in [0, 0.05) is 37.5 Å². The molecule has 33 heavy (non-hydrogen) atoms. The number of nitrogens with two attached hydrogens (primary N) is 1. The molecule has 8 nitrogen and oxygen atoms in total. The van der Waals surface area contributed by atoms with E-state index in [2.05, 4.69) is 26.6 Å². The number of aromatic amines is 1. The quantitative estimate of drug-likeness (QED) is 0.436. The monoisotopic (exact) mass is 452 g/mol. The number of amides is 1. The zero-order valence-corrected chi connectivity index (χ0v) is 17.6. The lowest BCUT2D eigenvalue weighted by Crippen LogP contribution is -2.36. The van der Waals surface area contributed by atoms with Gasteiger partial charge in [-0.15, -0.1) is 0 Å². The van der Waals surface area contributed by atoms with Gasteiger partial charge in [-0.2, -0.15) is 5.26 Å². The maximum Gasteiger partial charge on any atom is 0.267 e. The molecule has 1 aromatic heterocycles. The third kappa shape index (κ3) is 5.22. The van der Waals surface area contributed by atoms with Crippen molar-refractivity contribution in [3.8, 4) is 6.07 Å². The number of hydrogen-bond donors (Lipinski definition) is 4. The van der Waals surface area contributed by atoms with Crippen molar-refractivity contribution in [2.24, 2.45) is 5.73 Å². The molecule has 1 saturated heterocycles. The Kier molecular flexibility index (Phi) is 6.42. The summed E-state index contributed by atoms with van der Waals surface area (Å²) in [6, 6.07) is 12.4. The molecular formula is C23H22F2N6O2. The maximum atomic E-state index is 13.4. The van der Waals surface area contributed by atoms with Crippen molar-refractivity contribution in [3.05, 3.63) is 70.9 Å². The van der Waals surface area contributed by atoms with E-state index in [-0.39, 0.29) is 12.2 Å². The standard InChI is InChI=1S/C23H22F2N6O2/c24-16-7-14(8-17(25)10-16)13-28-19-11-21(30-22(19)23(27)32)29-18-1-2-20(15(9-18)12-26)31-3-5-33-6-4-31/h1-2,7-11,28-30H,3-6,13H2,(H2,27,32). The number of benzene rings is 2. The summed E-state index contributed by atoms with van der Waals surface area (Å²) in [7, 11) is 0. The van der Waals surface area contributed by atoms with E-state index in [1.807, 2.05) is 12.1 Å². The number of ether oxygens (including phenoxy) is 1. The first kappa shape index (κ1) is 22.1. The lowest BCUT2D eigenvalue weighted by atomic mass is 10.1. The number of nitrogens with one attached hydrogen (secondary N) is 3. The second-order valence-electron chi connectivity index (χ2n) is 7.54. The Morgan fingerprint density at radius 3 is 2.55 bits per heavy atom. The van der Waals surface area contributed by atoms with Crippen LogP contribution in [0.5, 0.6) is 0 Å². The topological polar surface area (TPSA) is 119 Å². The lowest BCUT2D eigenvalue weighted by molar-refractivity contribution is 0.0997. The first-order chi connectivity index (χ1) is 15.9. The largest absolute Gasteiger partial charge is 0.379 e. The van der Waals surface area contributed by atoms with Crippen LogP contribution in [0, 0.1) is 23.0 Å². The first-order valence-electron chi connectivity index (χ1n) is 10.3. The van der Waals surface area contributed by atoms with Gasteiger partial charge < -0.3 is 31.0 Å². The van der Waals surface area contributed by atoms with E-state index in [0.29, 0.717) is 54.6 Å². The van der Waals surface area contributed by atoms with Crippen LogP contribution >= 0.6 is 0 Å². The minimum atomic E-state index is -0.698. The highest BCUT2D eigenvalue weighted by Gasteiger charge is 2.17. The maximum absolute atomic E-state index is 13.4. The number of primary amides is 1. The average molecular weight is 452 g/mol. The van der Waals surface area contributed by atoms with E-state index in [1.54, 1.807) is 12.1 Å². The number of nitrogens with zero attached hydrogens (tertiary/aromatic N) is 2. The highest BCUT2D eigenvalue weighted by molar-refractivity contribution is 5.98. The van der Waals surface area contributed by atoms with Gasteiger partial charge in [-0.25, -0.2) is 8.78 Å². The molecule has 1 amide bonds. The minimum absolute atomic E-state index is 0.0824. The molecule has 0 unspecified atom stereocenters. The summed E-state index contributed by atoms with van der Waals surface area (Å²) >= 11 is 0. The second-order valence-corrected chi connectivity index (χ2v) is 7.54. The van der Waals surface area contributed by atoms with Crippen LogP contribution in [0.4, 0.5) is 31.7 Å². The van der Waals surface area contributed by atoms with E-state index in [9.17, 15) is 18.8 Å². The molecule has 0 atom stereocenters. The molecule has 2 aromatic carbocycles. The molecule has 0 aliphatic carbocycles. The first-order valence-corrected chi connectivity index (χ1v) is 10.3. The predicted molar refractivity (Wildman–Crippen MR) is 120 cm³/mol. The Labute approximate surface area is 189 Å². The van der Waals surface area contributed by atoms with Gasteiger partial charge in [0.15, 0.2) is 0 Å². The normalized spacial score (nSPS) is 13.4. The number of rotatable bonds is 7. The molecule has 4 rings (SSSR count). The number of H-pyrrole nitrogens is 1. The Hall–Kier alpha value is -4.10. The van der Waals surface area contributed by atoms with Gasteiger partial charge in [0.25, 0.3) is 5.91 Å². The van der Waals surface area contributed by atoms with Crippen molar-refractivity contribution in [2.45, 2.75) is 6.54 Å². The zero-order valence-electron chi connectivity index (χ0n) is 17.6. The minimum Gasteiger partial charge on any atom is -0.379 e. The zero-order chi connectivity index (χ0) is 23.4. The van der Waals surface area contributed by atoms with E-state index in [0.717, 1.165) is 11.8 Å². The summed E-state index contributed by atoms with van der Waals surface area (Å²) in [5.41, 5.74) is 8.31. The third-order valence-electron chi connectivity index (χ3n) is 5.22. The van der Waals surface area contributed by atoms with Crippen LogP contribution in [0.15, 0.2) is 42.5 Å². The Bertz CT molecular complexity index is 1190. The molecule has 2 heterocycles. The fraction of sp³-hybridized carbons (Fsp3) is 0.217. The SMILES string of the molecule is N#Cc1cc(Nc2cc(NCc3cc(F)cc(F)c3)c(C(N)=O)[nH]2)ccc1N1CCOCC1. The predicted octanol–water partition coefficient (Wildman–Crippen LogP) is 3.46. The van der Waals surface area contributed by atoms with Crippen molar-refractivity contribution in [2.75, 3.05) is 41.8 Å². The van der Waals surface area contributed by atoms with E-state index in [4.69, 9.17) is 10.5 Å². The van der Waals surface area contributed by atoms with Gasteiger partial charge in [-0.05, 0) is 35.9 Å². The van der Waals surface area contributed by atoms with Gasteiger partial charge in [0.05, 0.1) is 30.2 Å². The summed E-state index contributed by atoms with van der Waals surface area (Å²) < 4.78 is 32.2. The van der Waals surface area contributed by atoms with Gasteiger partial charge in [0.2, 0.25) is 0 Å². The molecule has 5 N–H and O–H groups in total. The molecule has 1 aliphatic rings. The van der Waals surface area contributed by atoms with Crippen LogP contribution in [0.3, 0.4) is 0 Å². The number of anilines is 4. The number of carbonyl (C=O) groups is 1. The van der Waals surface area contributed by atoms with Gasteiger partial charge in [0.1, 0.15) is 29.2 Å². The van der Waals surface area contributed by atoms with E-state index < -0.39 is 17.5 Å². The van der Waals surface area contributed by atoms with Crippen LogP contribution in [0.1, 0.15) is 21.6 Å². The van der Waals surface area contributed by atoms with Crippen LogP contribution in [-0.2, 0) is 11.3 Å². The molecule has 1 aliphatic heterocycles. The third-order valence-corrected chi connectivity index (χ3v) is 5.22. The molecular weight excluding hydrogens is 430 g/mol. The highest BCUT2D eigenvalue weighted by atomic mass is 19.1. The Morgan fingerprint density at radius 1 is 1.15 bits per heavy atom. The number of carbonyl (C=O) groups excluding carboxylic acids is 1. The summed E-state index contributed by atoms with van der Waals surface area (Å²) in [4.78, 5) is 16.9.